The van der Waals surface area contributed by atoms with Gasteiger partial charge in [0, 0.05) is 54.2 Å². The maximum Gasteiger partial charge on any atom is 0.159 e. The fourth-order valence-electron chi connectivity index (χ4n) is 7.06. The SMILES string of the molecule is C=CCC/C=C(\C)c1cc(C(CC)CC/C=C\C)cc(C2N=C(c3cccc(-c4ncccn4)c3)C=C(C3=CC(c4ncccn4)=CCC3)N2C)c1. The van der Waals surface area contributed by atoms with Crippen LogP contribution in [0.25, 0.3) is 22.5 Å². The summed E-state index contributed by atoms with van der Waals surface area (Å²) in [7, 11) is 2.19. The van der Waals surface area contributed by atoms with E-state index in [9.17, 15) is 0 Å². The molecule has 6 nitrogen and oxygen atoms in total. The van der Waals surface area contributed by atoms with Crippen LogP contribution in [0.4, 0.5) is 0 Å². The molecule has 6 heteroatoms. The molecule has 52 heavy (non-hydrogen) atoms. The van der Waals surface area contributed by atoms with E-state index in [0.29, 0.717) is 11.7 Å². The van der Waals surface area contributed by atoms with E-state index >= 15 is 0 Å². The van der Waals surface area contributed by atoms with Crippen molar-refractivity contribution in [1.82, 2.24) is 24.8 Å². The quantitative estimate of drug-likeness (QED) is 0.0975. The summed E-state index contributed by atoms with van der Waals surface area (Å²) in [5.41, 5.74) is 11.5. The molecular formula is C46H50N6. The van der Waals surface area contributed by atoms with Crippen molar-refractivity contribution in [1.29, 1.82) is 0 Å². The normalized spacial score (nSPS) is 17.0. The minimum Gasteiger partial charge on any atom is -0.349 e. The molecule has 1 aliphatic carbocycles. The van der Waals surface area contributed by atoms with Crippen LogP contribution in [0, 0.1) is 0 Å². The van der Waals surface area contributed by atoms with Crippen molar-refractivity contribution < 1.29 is 0 Å². The molecule has 2 aromatic carbocycles. The molecule has 2 unspecified atom stereocenters. The summed E-state index contributed by atoms with van der Waals surface area (Å²) in [5, 5.41) is 0. The first-order chi connectivity index (χ1) is 25.5. The third-order valence-corrected chi connectivity index (χ3v) is 9.96. The lowest BCUT2D eigenvalue weighted by molar-refractivity contribution is 0.318. The third-order valence-electron chi connectivity index (χ3n) is 9.96. The Labute approximate surface area is 309 Å². The highest BCUT2D eigenvalue weighted by atomic mass is 15.2. The summed E-state index contributed by atoms with van der Waals surface area (Å²) in [6.45, 7) is 10.6. The monoisotopic (exact) mass is 686 g/mol. The number of rotatable bonds is 14. The number of aromatic nitrogens is 4. The topological polar surface area (TPSA) is 67.2 Å². The molecule has 0 N–H and O–H groups in total. The Bertz CT molecular complexity index is 2030. The number of nitrogens with zero attached hydrogens (tertiary/aromatic N) is 6. The Hall–Kier alpha value is -5.49. The van der Waals surface area contributed by atoms with Crippen LogP contribution in [0.15, 0.2) is 145 Å². The van der Waals surface area contributed by atoms with Gasteiger partial charge in [-0.05, 0) is 129 Å². The number of benzene rings is 2. The lowest BCUT2D eigenvalue weighted by atomic mass is 9.87. The van der Waals surface area contributed by atoms with E-state index in [1.807, 2.05) is 30.6 Å². The second-order valence-electron chi connectivity index (χ2n) is 13.5. The predicted octanol–water partition coefficient (Wildman–Crippen LogP) is 11.3. The molecular weight excluding hydrogens is 637 g/mol. The minimum atomic E-state index is -0.234. The number of unbranched alkanes of at least 4 members (excludes halogenated alkanes) is 1. The predicted molar refractivity (Wildman–Crippen MR) is 217 cm³/mol. The van der Waals surface area contributed by atoms with Crippen molar-refractivity contribution in [3.8, 4) is 11.4 Å². The molecule has 0 bridgehead atoms. The average molecular weight is 687 g/mol. The molecule has 264 valence electrons. The number of hydrogen-bond acceptors (Lipinski definition) is 6. The van der Waals surface area contributed by atoms with Crippen LogP contribution in [0.5, 0.6) is 0 Å². The number of allylic oxidation sites excluding steroid dienone is 10. The number of hydrogen-bond donors (Lipinski definition) is 0. The fraction of sp³-hybridized carbons (Fsp3) is 0.283. The van der Waals surface area contributed by atoms with Crippen molar-refractivity contribution >= 4 is 16.9 Å². The van der Waals surface area contributed by atoms with Gasteiger partial charge in [-0.3, -0.25) is 4.99 Å². The first-order valence-corrected chi connectivity index (χ1v) is 18.6. The van der Waals surface area contributed by atoms with Gasteiger partial charge < -0.3 is 4.90 Å². The smallest absolute Gasteiger partial charge is 0.159 e. The van der Waals surface area contributed by atoms with Crippen LogP contribution in [-0.4, -0.2) is 37.6 Å². The molecule has 0 radical (unpaired) electrons. The molecule has 3 heterocycles. The van der Waals surface area contributed by atoms with Gasteiger partial charge in [0.15, 0.2) is 11.6 Å². The van der Waals surface area contributed by atoms with E-state index in [-0.39, 0.29) is 6.17 Å². The molecule has 0 amide bonds. The molecule has 4 aromatic rings. The first kappa shape index (κ1) is 36.3. The van der Waals surface area contributed by atoms with Gasteiger partial charge in [0.05, 0.1) is 5.71 Å². The Balaban J connectivity index is 1.49. The highest BCUT2D eigenvalue weighted by Crippen LogP contribution is 2.39. The highest BCUT2D eigenvalue weighted by Gasteiger charge is 2.28. The molecule has 0 fully saturated rings. The van der Waals surface area contributed by atoms with Gasteiger partial charge in [-0.1, -0.05) is 67.6 Å². The molecule has 0 saturated heterocycles. The van der Waals surface area contributed by atoms with Gasteiger partial charge in [-0.25, -0.2) is 19.9 Å². The van der Waals surface area contributed by atoms with Crippen molar-refractivity contribution in [3.63, 3.8) is 0 Å². The standard InChI is InChI=1S/C46H50N6/c1-6-9-11-17-33(4)39-29-40(34(8-3)18-12-10-7-2)31-41(30-39)46-51-42(35-19-13-21-37(27-35)44-47-23-15-24-48-44)32-43(52(46)5)36-20-14-22-38(28-36)45-49-25-16-26-50-45/h6-7,10,13,15-17,19,21-32,34,46H,1,8-9,11-12,14,18,20H2,2-5H3/b10-7-,33-17+. The Kier molecular flexibility index (Phi) is 12.3. The number of likely N-dealkylation sites (N-methyl/N-ethyl adjacent to an activating group) is 1. The van der Waals surface area contributed by atoms with E-state index < -0.39 is 0 Å². The minimum absolute atomic E-state index is 0.234. The van der Waals surface area contributed by atoms with Gasteiger partial charge in [-0.2, -0.15) is 0 Å². The lowest BCUT2D eigenvalue weighted by Gasteiger charge is -2.36. The van der Waals surface area contributed by atoms with E-state index in [1.165, 1.54) is 27.8 Å². The largest absolute Gasteiger partial charge is 0.349 e. The Morgan fingerprint density at radius 2 is 1.65 bits per heavy atom. The third kappa shape index (κ3) is 8.68. The zero-order valence-electron chi connectivity index (χ0n) is 31.0. The maximum absolute atomic E-state index is 5.55. The van der Waals surface area contributed by atoms with Crippen LogP contribution in [0.1, 0.15) is 106 Å². The van der Waals surface area contributed by atoms with Crippen molar-refractivity contribution in [2.75, 3.05) is 7.05 Å². The summed E-state index contributed by atoms with van der Waals surface area (Å²) in [4.78, 5) is 26.1. The fourth-order valence-corrected chi connectivity index (χ4v) is 7.06. The van der Waals surface area contributed by atoms with Crippen molar-refractivity contribution in [2.45, 2.75) is 77.8 Å². The van der Waals surface area contributed by atoms with Crippen LogP contribution >= 0.6 is 0 Å². The lowest BCUT2D eigenvalue weighted by Crippen LogP contribution is -2.29. The summed E-state index contributed by atoms with van der Waals surface area (Å²) in [6.07, 6.45) is 29.5. The molecule has 6 rings (SSSR count). The van der Waals surface area contributed by atoms with Crippen molar-refractivity contribution in [3.05, 3.63) is 168 Å². The first-order valence-electron chi connectivity index (χ1n) is 18.6. The van der Waals surface area contributed by atoms with Gasteiger partial charge in [0.25, 0.3) is 0 Å². The van der Waals surface area contributed by atoms with Crippen LogP contribution in [0.2, 0.25) is 0 Å². The van der Waals surface area contributed by atoms with E-state index in [2.05, 4.69) is 138 Å². The van der Waals surface area contributed by atoms with E-state index in [0.717, 1.165) is 78.9 Å². The van der Waals surface area contributed by atoms with Crippen LogP contribution in [0.3, 0.4) is 0 Å². The Morgan fingerprint density at radius 1 is 0.904 bits per heavy atom. The summed E-state index contributed by atoms with van der Waals surface area (Å²) in [5.74, 6) is 1.90. The molecule has 1 aliphatic heterocycles. The van der Waals surface area contributed by atoms with Crippen LogP contribution < -0.4 is 0 Å². The zero-order valence-corrected chi connectivity index (χ0v) is 31.0. The zero-order chi connectivity index (χ0) is 36.3. The molecule has 0 spiro atoms. The van der Waals surface area contributed by atoms with Gasteiger partial charge in [0.2, 0.25) is 0 Å². The molecule has 0 saturated carbocycles. The number of aliphatic imine (C=N–C) groups is 1. The van der Waals surface area contributed by atoms with Gasteiger partial charge in [0.1, 0.15) is 6.17 Å². The summed E-state index contributed by atoms with van der Waals surface area (Å²) >= 11 is 0. The molecule has 2 aromatic heterocycles. The molecule has 2 aliphatic rings. The molecule has 2 atom stereocenters. The van der Waals surface area contributed by atoms with Crippen LogP contribution in [-0.2, 0) is 0 Å². The Morgan fingerprint density at radius 3 is 2.38 bits per heavy atom. The average Bonchev–Trinajstić information content (AvgIpc) is 3.20. The van der Waals surface area contributed by atoms with E-state index in [1.54, 1.807) is 12.4 Å². The van der Waals surface area contributed by atoms with Gasteiger partial charge >= 0.3 is 0 Å². The van der Waals surface area contributed by atoms with E-state index in [4.69, 9.17) is 4.99 Å². The highest BCUT2D eigenvalue weighted by molar-refractivity contribution is 6.10. The second-order valence-corrected chi connectivity index (χ2v) is 13.5. The van der Waals surface area contributed by atoms with Gasteiger partial charge in [-0.15, -0.1) is 6.58 Å². The summed E-state index contributed by atoms with van der Waals surface area (Å²) in [6, 6.07) is 19.3. The maximum atomic E-state index is 5.55. The summed E-state index contributed by atoms with van der Waals surface area (Å²) < 4.78 is 0. The second kappa shape index (κ2) is 17.6. The van der Waals surface area contributed by atoms with Crippen molar-refractivity contribution in [2.24, 2.45) is 4.99 Å².